The third kappa shape index (κ3) is 2.23. The fraction of sp³-hybridized carbons (Fsp3) is 0.300. The largest absolute Gasteiger partial charge is 0.544 e. The summed E-state index contributed by atoms with van der Waals surface area (Å²) in [6.45, 7) is 2.34. The number of benzene rings is 1. The molecule has 0 bridgehead atoms. The molecule has 0 unspecified atom stereocenters. The summed E-state index contributed by atoms with van der Waals surface area (Å²) >= 11 is 0. The van der Waals surface area contributed by atoms with Crippen molar-refractivity contribution in [1.29, 1.82) is 0 Å². The molecule has 0 amide bonds. The molecule has 0 aliphatic rings. The van der Waals surface area contributed by atoms with Gasteiger partial charge in [0.2, 0.25) is 0 Å². The number of hydrogen-bond donors (Lipinski definition) is 1. The minimum absolute atomic E-state index is 0.497. The predicted octanol–water partition coefficient (Wildman–Crippen LogP) is -0.882. The van der Waals surface area contributed by atoms with Gasteiger partial charge in [-0.25, -0.2) is 0 Å². The highest BCUT2D eigenvalue weighted by molar-refractivity contribution is 5.72. The van der Waals surface area contributed by atoms with Crippen molar-refractivity contribution in [3.8, 4) is 5.75 Å². The van der Waals surface area contributed by atoms with E-state index in [1.54, 1.807) is 24.3 Å². The lowest BCUT2D eigenvalue weighted by atomic mass is 10.1. The standard InChI is InChI=1S/C10H13NO3/c1-2-14-8-6-4-3-5-7(8)9(11)10(12)13/h3-6,9H,2,11H2,1H3,(H,12,13)/t9-/m1/s1. The van der Waals surface area contributed by atoms with Gasteiger partial charge in [0, 0.05) is 0 Å². The number of carboxylic acids is 1. The Morgan fingerprint density at radius 2 is 2.21 bits per heavy atom. The van der Waals surface area contributed by atoms with E-state index >= 15 is 0 Å². The van der Waals surface area contributed by atoms with Crippen LogP contribution in [0, 0.1) is 0 Å². The van der Waals surface area contributed by atoms with E-state index in [1.807, 2.05) is 6.92 Å². The van der Waals surface area contributed by atoms with Crippen LogP contribution in [-0.4, -0.2) is 12.6 Å². The molecule has 0 radical (unpaired) electrons. The maximum absolute atomic E-state index is 10.6. The van der Waals surface area contributed by atoms with Crippen molar-refractivity contribution in [2.24, 2.45) is 0 Å². The van der Waals surface area contributed by atoms with Crippen LogP contribution >= 0.6 is 0 Å². The molecule has 0 saturated carbocycles. The molecule has 1 atom stereocenters. The number of carboxylic acid groups (broad SMARTS) is 1. The molecule has 0 aromatic heterocycles. The van der Waals surface area contributed by atoms with Crippen LogP contribution in [0.15, 0.2) is 24.3 Å². The molecule has 4 heteroatoms. The topological polar surface area (TPSA) is 77.0 Å². The first kappa shape index (κ1) is 10.5. The number of para-hydroxylation sites is 1. The van der Waals surface area contributed by atoms with Crippen molar-refractivity contribution in [3.63, 3.8) is 0 Å². The summed E-state index contributed by atoms with van der Waals surface area (Å²) in [6.07, 6.45) is 0. The molecule has 1 aromatic rings. The van der Waals surface area contributed by atoms with Gasteiger partial charge in [-0.3, -0.25) is 0 Å². The van der Waals surface area contributed by atoms with Crippen molar-refractivity contribution in [1.82, 2.24) is 0 Å². The van der Waals surface area contributed by atoms with E-state index in [1.165, 1.54) is 0 Å². The summed E-state index contributed by atoms with van der Waals surface area (Å²) in [4.78, 5) is 10.6. The zero-order chi connectivity index (χ0) is 10.6. The van der Waals surface area contributed by atoms with Crippen LogP contribution in [0.2, 0.25) is 0 Å². The maximum atomic E-state index is 10.6. The highest BCUT2D eigenvalue weighted by atomic mass is 16.5. The average Bonchev–Trinajstić information content (AvgIpc) is 2.18. The number of aliphatic carboxylic acids is 1. The Balaban J connectivity index is 3.00. The molecule has 3 N–H and O–H groups in total. The molecule has 0 aliphatic carbocycles. The predicted molar refractivity (Wildman–Crippen MR) is 48.2 cm³/mol. The Bertz CT molecular complexity index is 325. The van der Waals surface area contributed by atoms with Gasteiger partial charge in [-0.2, -0.15) is 0 Å². The number of ether oxygens (including phenoxy) is 1. The Kier molecular flexibility index (Phi) is 3.48. The van der Waals surface area contributed by atoms with Crippen molar-refractivity contribution >= 4 is 5.97 Å². The summed E-state index contributed by atoms with van der Waals surface area (Å²) in [5.41, 5.74) is 4.06. The summed E-state index contributed by atoms with van der Waals surface area (Å²) in [6, 6.07) is 6.05. The van der Waals surface area contributed by atoms with E-state index in [4.69, 9.17) is 4.74 Å². The van der Waals surface area contributed by atoms with Crippen LogP contribution in [-0.2, 0) is 4.79 Å². The van der Waals surface area contributed by atoms with Gasteiger partial charge in [-0.05, 0) is 19.1 Å². The molecule has 0 heterocycles. The highest BCUT2D eigenvalue weighted by Gasteiger charge is 2.15. The maximum Gasteiger partial charge on any atom is 0.154 e. The quantitative estimate of drug-likeness (QED) is 0.677. The fourth-order valence-corrected chi connectivity index (χ4v) is 1.18. The molecule has 1 aromatic carbocycles. The molecular formula is C10H13NO3. The molecule has 14 heavy (non-hydrogen) atoms. The Hall–Kier alpha value is -1.55. The fourth-order valence-electron chi connectivity index (χ4n) is 1.18. The van der Waals surface area contributed by atoms with Crippen molar-refractivity contribution in [3.05, 3.63) is 29.8 Å². The van der Waals surface area contributed by atoms with Crippen molar-refractivity contribution in [2.75, 3.05) is 6.61 Å². The van der Waals surface area contributed by atoms with E-state index in [9.17, 15) is 9.90 Å². The second kappa shape index (κ2) is 4.62. The first-order valence-electron chi connectivity index (χ1n) is 4.42. The lowest BCUT2D eigenvalue weighted by Gasteiger charge is -2.14. The zero-order valence-corrected chi connectivity index (χ0v) is 8.03. The summed E-state index contributed by atoms with van der Waals surface area (Å²) in [5.74, 6) is -0.642. The first-order valence-corrected chi connectivity index (χ1v) is 4.42. The number of rotatable bonds is 4. The third-order valence-electron chi connectivity index (χ3n) is 1.88. The molecule has 0 saturated heterocycles. The van der Waals surface area contributed by atoms with Gasteiger partial charge in [0.25, 0.3) is 0 Å². The van der Waals surface area contributed by atoms with E-state index < -0.39 is 12.0 Å². The molecule has 0 aliphatic heterocycles. The number of carbonyl (C=O) groups is 1. The van der Waals surface area contributed by atoms with Gasteiger partial charge in [0.15, 0.2) is 6.04 Å². The van der Waals surface area contributed by atoms with Crippen LogP contribution in [0.5, 0.6) is 5.75 Å². The van der Waals surface area contributed by atoms with Gasteiger partial charge in [-0.15, -0.1) is 0 Å². The molecule has 0 fully saturated rings. The van der Waals surface area contributed by atoms with Gasteiger partial charge in [-0.1, -0.05) is 12.1 Å². The lowest BCUT2D eigenvalue weighted by Crippen LogP contribution is -2.61. The van der Waals surface area contributed by atoms with Crippen molar-refractivity contribution < 1.29 is 20.4 Å². The van der Waals surface area contributed by atoms with Crippen LogP contribution in [0.3, 0.4) is 0 Å². The van der Waals surface area contributed by atoms with Crippen molar-refractivity contribution in [2.45, 2.75) is 13.0 Å². The van der Waals surface area contributed by atoms with E-state index in [0.717, 1.165) is 0 Å². The van der Waals surface area contributed by atoms with E-state index in [0.29, 0.717) is 17.9 Å². The van der Waals surface area contributed by atoms with Gasteiger partial charge >= 0.3 is 0 Å². The number of hydrogen-bond acceptors (Lipinski definition) is 3. The van der Waals surface area contributed by atoms with E-state index in [-0.39, 0.29) is 0 Å². The van der Waals surface area contributed by atoms with Gasteiger partial charge in [0.05, 0.1) is 12.2 Å². The van der Waals surface area contributed by atoms with Crippen LogP contribution < -0.4 is 15.6 Å². The summed E-state index contributed by atoms with van der Waals surface area (Å²) < 4.78 is 5.28. The van der Waals surface area contributed by atoms with Crippen LogP contribution in [0.4, 0.5) is 0 Å². The van der Waals surface area contributed by atoms with Crippen LogP contribution in [0.1, 0.15) is 18.5 Å². The van der Waals surface area contributed by atoms with Gasteiger partial charge in [0.1, 0.15) is 11.7 Å². The first-order chi connectivity index (χ1) is 6.66. The van der Waals surface area contributed by atoms with Crippen LogP contribution in [0.25, 0.3) is 0 Å². The molecule has 76 valence electrons. The second-order valence-corrected chi connectivity index (χ2v) is 2.84. The summed E-state index contributed by atoms with van der Waals surface area (Å²) in [7, 11) is 0. The minimum atomic E-state index is -1.20. The molecular weight excluding hydrogens is 182 g/mol. The Morgan fingerprint density at radius 3 is 2.79 bits per heavy atom. The normalized spacial score (nSPS) is 12.1. The molecule has 4 nitrogen and oxygen atoms in total. The highest BCUT2D eigenvalue weighted by Crippen LogP contribution is 2.22. The molecule has 0 spiro atoms. The minimum Gasteiger partial charge on any atom is -0.544 e. The zero-order valence-electron chi connectivity index (χ0n) is 8.03. The third-order valence-corrected chi connectivity index (χ3v) is 1.88. The number of quaternary nitrogens is 1. The molecule has 1 rings (SSSR count). The SMILES string of the molecule is CCOc1ccccc1[C@@H]([NH3+])C(=O)[O-]. The monoisotopic (exact) mass is 195 g/mol. The Morgan fingerprint density at radius 1 is 1.57 bits per heavy atom. The summed E-state index contributed by atoms with van der Waals surface area (Å²) in [5, 5.41) is 10.6. The average molecular weight is 195 g/mol. The van der Waals surface area contributed by atoms with E-state index in [2.05, 4.69) is 5.73 Å². The van der Waals surface area contributed by atoms with Gasteiger partial charge < -0.3 is 20.4 Å². The second-order valence-electron chi connectivity index (χ2n) is 2.84. The lowest BCUT2D eigenvalue weighted by molar-refractivity contribution is -0.443. The Labute approximate surface area is 82.3 Å². The smallest absolute Gasteiger partial charge is 0.154 e. The number of carbonyl (C=O) groups excluding carboxylic acids is 1.